The van der Waals surface area contributed by atoms with E-state index in [-0.39, 0.29) is 18.0 Å². The van der Waals surface area contributed by atoms with Crippen molar-refractivity contribution in [2.24, 2.45) is 0 Å². The number of piperidine rings is 1. The highest BCUT2D eigenvalue weighted by atomic mass is 16.2. The van der Waals surface area contributed by atoms with Gasteiger partial charge in [0.1, 0.15) is 6.17 Å². The summed E-state index contributed by atoms with van der Waals surface area (Å²) in [6.45, 7) is 4.34. The lowest BCUT2D eigenvalue weighted by Gasteiger charge is -2.47. The van der Waals surface area contributed by atoms with E-state index in [2.05, 4.69) is 29.3 Å². The molecule has 2 aliphatic heterocycles. The van der Waals surface area contributed by atoms with E-state index in [1.54, 1.807) is 6.07 Å². The Labute approximate surface area is 166 Å². The molecule has 1 fully saturated rings. The molecular formula is C23H27N3O2. The number of benzene rings is 2. The molecule has 1 atom stereocenters. The summed E-state index contributed by atoms with van der Waals surface area (Å²) in [7, 11) is 0. The molecule has 0 unspecified atom stereocenters. The SMILES string of the molecule is CCN1c2cc(C(=O)NCCc3ccccc3)ccc2C(=O)N2CCCC[C@@H]21. The molecule has 4 rings (SSSR count). The number of amides is 2. The fourth-order valence-electron chi connectivity index (χ4n) is 4.33. The van der Waals surface area contributed by atoms with Gasteiger partial charge >= 0.3 is 0 Å². The minimum Gasteiger partial charge on any atom is -0.352 e. The Bertz CT molecular complexity index is 865. The zero-order chi connectivity index (χ0) is 19.5. The Balaban J connectivity index is 1.51. The minimum atomic E-state index is -0.0895. The van der Waals surface area contributed by atoms with E-state index in [1.165, 1.54) is 5.56 Å². The van der Waals surface area contributed by atoms with Crippen LogP contribution in [0.25, 0.3) is 0 Å². The number of carbonyl (C=O) groups excluding carboxylic acids is 2. The zero-order valence-corrected chi connectivity index (χ0v) is 16.4. The van der Waals surface area contributed by atoms with E-state index in [9.17, 15) is 9.59 Å². The zero-order valence-electron chi connectivity index (χ0n) is 16.4. The topological polar surface area (TPSA) is 52.7 Å². The number of hydrogen-bond donors (Lipinski definition) is 1. The summed E-state index contributed by atoms with van der Waals surface area (Å²) in [5, 5.41) is 3.00. The van der Waals surface area contributed by atoms with Crippen LogP contribution in [0.5, 0.6) is 0 Å². The molecule has 0 saturated carbocycles. The molecule has 1 N–H and O–H groups in total. The molecule has 0 bridgehead atoms. The molecule has 28 heavy (non-hydrogen) atoms. The molecule has 146 valence electrons. The molecule has 5 heteroatoms. The summed E-state index contributed by atoms with van der Waals surface area (Å²) in [6.07, 6.45) is 4.12. The monoisotopic (exact) mass is 377 g/mol. The molecule has 2 aromatic carbocycles. The first kappa shape index (κ1) is 18.5. The van der Waals surface area contributed by atoms with Gasteiger partial charge in [0.05, 0.1) is 11.3 Å². The number of nitrogens with zero attached hydrogens (tertiary/aromatic N) is 2. The Morgan fingerprint density at radius 3 is 2.75 bits per heavy atom. The van der Waals surface area contributed by atoms with E-state index in [0.29, 0.717) is 17.7 Å². The van der Waals surface area contributed by atoms with Crippen LogP contribution in [0.3, 0.4) is 0 Å². The summed E-state index contributed by atoms with van der Waals surface area (Å²) < 4.78 is 0. The lowest BCUT2D eigenvalue weighted by Crippen LogP contribution is -2.57. The van der Waals surface area contributed by atoms with Gasteiger partial charge in [0.25, 0.3) is 11.8 Å². The van der Waals surface area contributed by atoms with Crippen LogP contribution in [0.15, 0.2) is 48.5 Å². The second-order valence-electron chi connectivity index (χ2n) is 7.48. The van der Waals surface area contributed by atoms with Gasteiger partial charge < -0.3 is 15.1 Å². The quantitative estimate of drug-likeness (QED) is 0.868. The predicted octanol–water partition coefficient (Wildman–Crippen LogP) is 3.45. The van der Waals surface area contributed by atoms with Crippen molar-refractivity contribution in [1.82, 2.24) is 10.2 Å². The first-order valence-electron chi connectivity index (χ1n) is 10.2. The average Bonchev–Trinajstić information content (AvgIpc) is 2.74. The van der Waals surface area contributed by atoms with E-state index in [4.69, 9.17) is 0 Å². The third-order valence-corrected chi connectivity index (χ3v) is 5.77. The minimum absolute atomic E-state index is 0.0895. The lowest BCUT2D eigenvalue weighted by atomic mass is 9.97. The summed E-state index contributed by atoms with van der Waals surface area (Å²) in [5.74, 6) is 0.00810. The number of carbonyl (C=O) groups is 2. The smallest absolute Gasteiger partial charge is 0.257 e. The summed E-state index contributed by atoms with van der Waals surface area (Å²) >= 11 is 0. The van der Waals surface area contributed by atoms with Gasteiger partial charge in [-0.1, -0.05) is 30.3 Å². The van der Waals surface area contributed by atoms with E-state index >= 15 is 0 Å². The van der Waals surface area contributed by atoms with Gasteiger partial charge in [-0.25, -0.2) is 0 Å². The summed E-state index contributed by atoms with van der Waals surface area (Å²) in [5.41, 5.74) is 3.42. The fourth-order valence-corrected chi connectivity index (χ4v) is 4.33. The van der Waals surface area contributed by atoms with Crippen LogP contribution >= 0.6 is 0 Å². The van der Waals surface area contributed by atoms with Crippen molar-refractivity contribution in [3.63, 3.8) is 0 Å². The maximum atomic E-state index is 12.9. The second kappa shape index (κ2) is 8.05. The van der Waals surface area contributed by atoms with Crippen molar-refractivity contribution in [3.8, 4) is 0 Å². The molecule has 5 nitrogen and oxygen atoms in total. The maximum absolute atomic E-state index is 12.9. The van der Waals surface area contributed by atoms with Crippen LogP contribution in [0.2, 0.25) is 0 Å². The summed E-state index contributed by atoms with van der Waals surface area (Å²) in [4.78, 5) is 29.8. The Morgan fingerprint density at radius 1 is 1.14 bits per heavy atom. The van der Waals surface area contributed by atoms with Crippen LogP contribution in [0.1, 0.15) is 52.5 Å². The number of fused-ring (bicyclic) bond motifs is 2. The van der Waals surface area contributed by atoms with Gasteiger partial charge in [-0.05, 0) is 56.4 Å². The summed E-state index contributed by atoms with van der Waals surface area (Å²) in [6, 6.07) is 15.6. The molecule has 0 aliphatic carbocycles. The van der Waals surface area contributed by atoms with Gasteiger partial charge in [0, 0.05) is 25.2 Å². The van der Waals surface area contributed by atoms with Crippen LogP contribution in [-0.4, -0.2) is 42.5 Å². The molecule has 2 aliphatic rings. The van der Waals surface area contributed by atoms with Crippen molar-refractivity contribution in [3.05, 3.63) is 65.2 Å². The number of hydrogen-bond acceptors (Lipinski definition) is 3. The molecule has 2 aromatic rings. The van der Waals surface area contributed by atoms with E-state index in [1.807, 2.05) is 35.2 Å². The molecule has 1 saturated heterocycles. The fraction of sp³-hybridized carbons (Fsp3) is 0.391. The molecule has 0 spiro atoms. The van der Waals surface area contributed by atoms with E-state index < -0.39 is 0 Å². The Hall–Kier alpha value is -2.82. The van der Waals surface area contributed by atoms with Gasteiger partial charge in [-0.3, -0.25) is 9.59 Å². The highest BCUT2D eigenvalue weighted by Crippen LogP contribution is 2.35. The maximum Gasteiger partial charge on any atom is 0.257 e. The normalized spacial score (nSPS) is 18.5. The van der Waals surface area contributed by atoms with Crippen molar-refractivity contribution in [2.75, 3.05) is 24.5 Å². The van der Waals surface area contributed by atoms with Gasteiger partial charge in [0.2, 0.25) is 0 Å². The van der Waals surface area contributed by atoms with Gasteiger partial charge in [-0.15, -0.1) is 0 Å². The number of rotatable bonds is 5. The van der Waals surface area contributed by atoms with Crippen molar-refractivity contribution in [2.45, 2.75) is 38.8 Å². The van der Waals surface area contributed by atoms with Crippen molar-refractivity contribution < 1.29 is 9.59 Å². The number of anilines is 1. The van der Waals surface area contributed by atoms with E-state index in [0.717, 1.165) is 44.5 Å². The molecule has 0 radical (unpaired) electrons. The third kappa shape index (κ3) is 3.49. The van der Waals surface area contributed by atoms with Crippen LogP contribution in [-0.2, 0) is 6.42 Å². The number of nitrogens with one attached hydrogen (secondary N) is 1. The highest BCUT2D eigenvalue weighted by molar-refractivity contribution is 6.04. The van der Waals surface area contributed by atoms with Crippen molar-refractivity contribution in [1.29, 1.82) is 0 Å². The third-order valence-electron chi connectivity index (χ3n) is 5.77. The second-order valence-corrected chi connectivity index (χ2v) is 7.48. The highest BCUT2D eigenvalue weighted by Gasteiger charge is 2.38. The van der Waals surface area contributed by atoms with Gasteiger partial charge in [-0.2, -0.15) is 0 Å². The first-order chi connectivity index (χ1) is 13.7. The lowest BCUT2D eigenvalue weighted by molar-refractivity contribution is 0.0582. The molecule has 2 heterocycles. The van der Waals surface area contributed by atoms with Crippen molar-refractivity contribution >= 4 is 17.5 Å². The van der Waals surface area contributed by atoms with Crippen LogP contribution in [0, 0.1) is 0 Å². The molecule has 2 amide bonds. The molecule has 0 aromatic heterocycles. The van der Waals surface area contributed by atoms with Crippen LogP contribution < -0.4 is 10.2 Å². The first-order valence-corrected chi connectivity index (χ1v) is 10.2. The average molecular weight is 377 g/mol. The predicted molar refractivity (Wildman–Crippen MR) is 111 cm³/mol. The van der Waals surface area contributed by atoms with Crippen LogP contribution in [0.4, 0.5) is 5.69 Å². The standard InChI is InChI=1S/C23H27N3O2/c1-2-25-20-16-18(22(27)24-14-13-17-8-4-3-5-9-17)11-12-19(20)23(28)26-15-7-6-10-21(25)26/h3-5,8-9,11-12,16,21H,2,6-7,10,13-15H2,1H3,(H,24,27)/t21-/m1/s1. The Kier molecular flexibility index (Phi) is 5.33. The molecular weight excluding hydrogens is 350 g/mol. The Morgan fingerprint density at radius 2 is 1.96 bits per heavy atom. The largest absolute Gasteiger partial charge is 0.352 e. The van der Waals surface area contributed by atoms with Gasteiger partial charge in [0.15, 0.2) is 0 Å².